The molecule has 4 N–H and O–H groups in total. The first-order chi connectivity index (χ1) is 27.7. The normalized spacial score (nSPS) is 15.4. The summed E-state index contributed by atoms with van der Waals surface area (Å²) in [4.78, 5) is 55.1. The van der Waals surface area contributed by atoms with Crippen molar-refractivity contribution in [2.75, 3.05) is 36.0 Å². The van der Waals surface area contributed by atoms with E-state index in [1.807, 2.05) is 27.7 Å². The fraction of sp³-hybridized carbons (Fsp3) is 0.500. The number of ketones is 1. The van der Waals surface area contributed by atoms with Crippen molar-refractivity contribution in [1.82, 2.24) is 0 Å². The van der Waals surface area contributed by atoms with Crippen molar-refractivity contribution in [3.63, 3.8) is 0 Å². The highest BCUT2D eigenvalue weighted by Crippen LogP contribution is 2.62. The van der Waals surface area contributed by atoms with Gasteiger partial charge in [0.1, 0.15) is 5.03 Å². The Hall–Kier alpha value is -2.81. The molecule has 0 amide bonds. The zero-order chi connectivity index (χ0) is 47.8. The quantitative estimate of drug-likeness (QED) is 0.0906. The Labute approximate surface area is 388 Å². The predicted molar refractivity (Wildman–Crippen MR) is 235 cm³/mol. The van der Waals surface area contributed by atoms with Crippen molar-refractivity contribution < 1.29 is 41.3 Å². The second-order valence-electron chi connectivity index (χ2n) is 12.4. The molecule has 342 valence electrons. The van der Waals surface area contributed by atoms with Crippen LogP contribution >= 0.6 is 92.8 Å². The molecule has 0 spiro atoms. The van der Waals surface area contributed by atoms with E-state index in [0.29, 0.717) is 51.9 Å². The monoisotopic (exact) mass is 1060 g/mol. The van der Waals surface area contributed by atoms with Gasteiger partial charge >= 0.3 is 22.7 Å². The van der Waals surface area contributed by atoms with E-state index in [2.05, 4.69) is 0 Å². The number of carbonyl (C=O) groups excluding carboxylic acids is 1. The number of sulfonamides is 2. The first kappa shape index (κ1) is 56.2. The van der Waals surface area contributed by atoms with E-state index in [0.717, 1.165) is 24.3 Å². The molecule has 0 fully saturated rings. The lowest BCUT2D eigenvalue weighted by atomic mass is 10.0. The molecular weight excluding hydrogens is 1030 g/mol. The van der Waals surface area contributed by atoms with Crippen LogP contribution in [0.4, 0.5) is 34.1 Å². The third-order valence-corrected chi connectivity index (χ3v) is 14.6. The molecule has 0 unspecified atom stereocenters. The second-order valence-corrected chi connectivity index (χ2v) is 20.3. The third kappa shape index (κ3) is 13.1. The van der Waals surface area contributed by atoms with E-state index in [4.69, 9.17) is 103 Å². The summed E-state index contributed by atoms with van der Waals surface area (Å²) in [5.74, 6) is -0.959. The summed E-state index contributed by atoms with van der Waals surface area (Å²) >= 11 is 45.6. The number of rotatable bonds is 16. The molecular formula is C30H36Cl8N8O13S2. The lowest BCUT2D eigenvalue weighted by Crippen LogP contribution is -2.57. The molecule has 0 saturated heterocycles. The van der Waals surface area contributed by atoms with Gasteiger partial charge in [0.15, 0.2) is 20.0 Å². The topological polar surface area (TPSA) is 316 Å². The molecule has 0 aromatic heterocycles. The van der Waals surface area contributed by atoms with Crippen molar-refractivity contribution >= 4 is 153 Å². The number of carbonyl (C=O) groups is 1. The van der Waals surface area contributed by atoms with E-state index in [1.165, 1.54) is 9.80 Å². The maximum absolute atomic E-state index is 11.5. The van der Waals surface area contributed by atoms with Crippen molar-refractivity contribution in [3.8, 4) is 0 Å². The van der Waals surface area contributed by atoms with Gasteiger partial charge in [-0.05, 0) is 25.7 Å². The molecule has 0 heterocycles. The van der Waals surface area contributed by atoms with Crippen LogP contribution in [0, 0.1) is 40.5 Å². The number of nitro groups is 4. The minimum atomic E-state index is -4.31. The summed E-state index contributed by atoms with van der Waals surface area (Å²) < 4.78 is 39.2. The van der Waals surface area contributed by atoms with Crippen LogP contribution in [0.15, 0.2) is 44.1 Å². The zero-order valence-electron chi connectivity index (χ0n) is 32.0. The van der Waals surface area contributed by atoms with Gasteiger partial charge in [0, 0.05) is 50.4 Å². The fourth-order valence-electron chi connectivity index (χ4n) is 5.29. The molecule has 0 atom stereocenters. The number of nitrogens with zero attached hydrogens (tertiary/aromatic N) is 6. The highest BCUT2D eigenvalue weighted by atomic mass is 35.5. The maximum atomic E-state index is 11.5. The number of alkyl halides is 6. The lowest BCUT2D eigenvalue weighted by molar-refractivity contribution is -0.393. The standard InChI is InChI=1S/2C12H18N4O6S.C6Cl8O/c2*1-3-5-14(6-4-2)12-10(15(17)18)7-9(23(13,21)22)8-11(12)16(19)20;7-1-2(8)4(9,10)6(13,14)5(11,12)3(1)15/h2*7-8H,3-6H2,1-2H3,(H2,13,21,22);. The van der Waals surface area contributed by atoms with E-state index >= 15 is 0 Å². The van der Waals surface area contributed by atoms with Crippen molar-refractivity contribution in [2.24, 2.45) is 10.3 Å². The van der Waals surface area contributed by atoms with Gasteiger partial charge in [0.2, 0.25) is 30.2 Å². The summed E-state index contributed by atoms with van der Waals surface area (Å²) in [5.41, 5.74) is -2.99. The molecule has 2 aromatic carbocycles. The summed E-state index contributed by atoms with van der Waals surface area (Å²) in [6.45, 7) is 8.79. The van der Waals surface area contributed by atoms with Crippen LogP contribution in [0.3, 0.4) is 0 Å². The van der Waals surface area contributed by atoms with Crippen LogP contribution in [0.1, 0.15) is 53.4 Å². The molecule has 3 rings (SSSR count). The van der Waals surface area contributed by atoms with Crippen LogP contribution in [-0.4, -0.2) is 81.5 Å². The summed E-state index contributed by atoms with van der Waals surface area (Å²) in [6.07, 6.45) is 2.47. The van der Waals surface area contributed by atoms with Crippen LogP contribution in [0.2, 0.25) is 0 Å². The molecule has 0 saturated carbocycles. The number of hydrogen-bond acceptors (Lipinski definition) is 15. The molecule has 31 heteroatoms. The number of anilines is 2. The Morgan fingerprint density at radius 3 is 1.00 bits per heavy atom. The van der Waals surface area contributed by atoms with Gasteiger partial charge in [-0.1, -0.05) is 121 Å². The molecule has 0 bridgehead atoms. The number of allylic oxidation sites excluding steroid dienone is 2. The Balaban J connectivity index is 0.000000469. The zero-order valence-corrected chi connectivity index (χ0v) is 39.6. The van der Waals surface area contributed by atoms with Crippen molar-refractivity contribution in [3.05, 3.63) is 74.8 Å². The van der Waals surface area contributed by atoms with E-state index in [1.54, 1.807) is 0 Å². The fourth-order valence-corrected chi connectivity index (χ4v) is 8.70. The van der Waals surface area contributed by atoms with Crippen molar-refractivity contribution in [1.29, 1.82) is 0 Å². The van der Waals surface area contributed by atoms with Gasteiger partial charge in [-0.25, -0.2) is 27.1 Å². The highest BCUT2D eigenvalue weighted by molar-refractivity contribution is 7.89. The van der Waals surface area contributed by atoms with Crippen molar-refractivity contribution in [2.45, 2.75) is 76.2 Å². The molecule has 2 aromatic rings. The Kier molecular flexibility index (Phi) is 20.5. The molecule has 61 heavy (non-hydrogen) atoms. The summed E-state index contributed by atoms with van der Waals surface area (Å²) in [5, 5.41) is 54.2. The molecule has 1 aliphatic carbocycles. The average Bonchev–Trinajstić information content (AvgIpc) is 3.14. The van der Waals surface area contributed by atoms with E-state index < -0.39 is 101 Å². The third-order valence-electron chi connectivity index (χ3n) is 7.88. The molecule has 0 radical (unpaired) electrons. The Morgan fingerprint density at radius 2 is 0.803 bits per heavy atom. The largest absolute Gasteiger partial charge is 0.360 e. The lowest BCUT2D eigenvalue weighted by Gasteiger charge is -2.43. The smallest absolute Gasteiger partial charge is 0.301 e. The second kappa shape index (κ2) is 22.2. The van der Waals surface area contributed by atoms with Gasteiger partial charge < -0.3 is 9.80 Å². The summed E-state index contributed by atoms with van der Waals surface area (Å²) in [6, 6.07) is 3.04. The Morgan fingerprint density at radius 1 is 0.557 bits per heavy atom. The minimum absolute atomic E-state index is 0.198. The number of benzene rings is 2. The molecule has 1 aliphatic rings. The number of Topliss-reactive ketones (excluding diaryl/α,β-unsaturated/α-hetero) is 1. The number of hydrogen-bond donors (Lipinski definition) is 2. The minimum Gasteiger partial charge on any atom is -0.360 e. The van der Waals surface area contributed by atoms with Gasteiger partial charge in [0.25, 0.3) is 0 Å². The highest BCUT2D eigenvalue weighted by Gasteiger charge is 2.69. The van der Waals surface area contributed by atoms with Crippen LogP contribution in [0.25, 0.3) is 0 Å². The van der Waals surface area contributed by atoms with E-state index in [-0.39, 0.29) is 11.4 Å². The van der Waals surface area contributed by atoms with Gasteiger partial charge in [-0.2, -0.15) is 0 Å². The molecule has 21 nitrogen and oxygen atoms in total. The number of nitrogens with two attached hydrogens (primary N) is 2. The van der Waals surface area contributed by atoms with E-state index in [9.17, 15) is 62.1 Å². The van der Waals surface area contributed by atoms with Gasteiger partial charge in [-0.15, -0.1) is 0 Å². The number of nitro benzene ring substituents is 4. The van der Waals surface area contributed by atoms with Crippen LogP contribution in [-0.2, 0) is 24.8 Å². The first-order valence-corrected chi connectivity index (χ1v) is 23.1. The average molecular weight is 1060 g/mol. The SMILES string of the molecule is CCCN(CCC)c1c([N+](=O)[O-])cc(S(N)(=O)=O)cc1[N+](=O)[O-].CCCN(CCC)c1c([N+](=O)[O-])cc(S(N)(=O)=O)cc1[N+](=O)[O-].O=C1C(Cl)=C(Cl)C(Cl)(Cl)C(Cl)(Cl)C1(Cl)Cl. The first-order valence-electron chi connectivity index (χ1n) is 17.0. The Bertz CT molecular complexity index is 2100. The summed E-state index contributed by atoms with van der Waals surface area (Å²) in [7, 11) is -8.62. The predicted octanol–water partition coefficient (Wildman–Crippen LogP) is 8.33. The van der Waals surface area contributed by atoms with Crippen LogP contribution < -0.4 is 20.1 Å². The number of primary sulfonamides is 2. The number of halogens is 8. The molecule has 0 aliphatic heterocycles. The van der Waals surface area contributed by atoms with Crippen LogP contribution in [0.5, 0.6) is 0 Å². The van der Waals surface area contributed by atoms with Gasteiger partial charge in [0.05, 0.1) is 34.5 Å². The maximum Gasteiger partial charge on any atom is 0.301 e. The van der Waals surface area contributed by atoms with Gasteiger partial charge in [-0.3, -0.25) is 45.3 Å².